The molecule has 0 fully saturated rings. The third-order valence-electron chi connectivity index (χ3n) is 4.95. The van der Waals surface area contributed by atoms with Gasteiger partial charge in [-0.2, -0.15) is 0 Å². The van der Waals surface area contributed by atoms with Crippen molar-refractivity contribution < 1.29 is 9.53 Å². The van der Waals surface area contributed by atoms with Gasteiger partial charge in [0.25, 0.3) is 5.91 Å². The molecule has 0 radical (unpaired) electrons. The average Bonchev–Trinajstić information content (AvgIpc) is 2.78. The molecule has 2 aromatic carbocycles. The van der Waals surface area contributed by atoms with Gasteiger partial charge in [-0.25, -0.2) is 4.98 Å². The SMILES string of the molecule is COc1ccccc1-c1cc(C(=O)N[C@@H](C)c2ccncc2)c2cc(Cl)ccc2n1. The molecule has 0 unspecified atom stereocenters. The Bertz CT molecular complexity index is 1210. The molecule has 1 N–H and O–H groups in total. The lowest BCUT2D eigenvalue weighted by Gasteiger charge is -2.16. The summed E-state index contributed by atoms with van der Waals surface area (Å²) in [4.78, 5) is 22.0. The zero-order chi connectivity index (χ0) is 21.1. The highest BCUT2D eigenvalue weighted by Gasteiger charge is 2.18. The molecular formula is C24H20ClN3O2. The Morgan fingerprint density at radius 3 is 2.60 bits per heavy atom. The molecule has 5 nitrogen and oxygen atoms in total. The molecule has 6 heteroatoms. The van der Waals surface area contributed by atoms with Gasteiger partial charge in [0, 0.05) is 28.4 Å². The van der Waals surface area contributed by atoms with Gasteiger partial charge in [0.15, 0.2) is 0 Å². The second kappa shape index (κ2) is 8.51. The average molecular weight is 418 g/mol. The van der Waals surface area contributed by atoms with E-state index in [1.54, 1.807) is 37.7 Å². The fourth-order valence-corrected chi connectivity index (χ4v) is 3.56. The van der Waals surface area contributed by atoms with Gasteiger partial charge in [0.05, 0.1) is 29.9 Å². The predicted molar refractivity (Wildman–Crippen MR) is 119 cm³/mol. The second-order valence-electron chi connectivity index (χ2n) is 6.89. The lowest BCUT2D eigenvalue weighted by atomic mass is 10.0. The van der Waals surface area contributed by atoms with Crippen LogP contribution in [0.1, 0.15) is 28.9 Å². The summed E-state index contributed by atoms with van der Waals surface area (Å²) >= 11 is 6.21. The van der Waals surface area contributed by atoms with Gasteiger partial charge >= 0.3 is 0 Å². The molecule has 150 valence electrons. The molecule has 4 aromatic rings. The summed E-state index contributed by atoms with van der Waals surface area (Å²) in [6.45, 7) is 1.94. The molecule has 0 aliphatic heterocycles. The van der Waals surface area contributed by atoms with Crippen LogP contribution in [0.25, 0.3) is 22.2 Å². The van der Waals surface area contributed by atoms with Gasteiger partial charge in [-0.1, -0.05) is 23.7 Å². The Balaban J connectivity index is 1.81. The maximum Gasteiger partial charge on any atom is 0.252 e. The number of rotatable bonds is 5. The normalized spacial score (nSPS) is 11.8. The van der Waals surface area contributed by atoms with E-state index in [9.17, 15) is 4.79 Å². The van der Waals surface area contributed by atoms with Crippen molar-refractivity contribution in [3.63, 3.8) is 0 Å². The largest absolute Gasteiger partial charge is 0.496 e. The van der Waals surface area contributed by atoms with Gasteiger partial charge < -0.3 is 10.1 Å². The molecule has 30 heavy (non-hydrogen) atoms. The minimum absolute atomic E-state index is 0.183. The molecular weight excluding hydrogens is 398 g/mol. The van der Waals surface area contributed by atoms with Crippen molar-refractivity contribution in [2.45, 2.75) is 13.0 Å². The number of pyridine rings is 2. The molecule has 1 atom stereocenters. The second-order valence-corrected chi connectivity index (χ2v) is 7.33. The Hall–Kier alpha value is -3.44. The van der Waals surface area contributed by atoms with Gasteiger partial charge in [0.1, 0.15) is 5.75 Å². The number of ether oxygens (including phenoxy) is 1. The number of nitrogens with zero attached hydrogens (tertiary/aromatic N) is 2. The van der Waals surface area contributed by atoms with E-state index in [2.05, 4.69) is 10.3 Å². The summed E-state index contributed by atoms with van der Waals surface area (Å²) in [6.07, 6.45) is 3.42. The topological polar surface area (TPSA) is 64.1 Å². The van der Waals surface area contributed by atoms with Crippen LogP contribution in [0.4, 0.5) is 0 Å². The lowest BCUT2D eigenvalue weighted by molar-refractivity contribution is 0.0941. The van der Waals surface area contributed by atoms with Crippen LogP contribution in [0, 0.1) is 0 Å². The van der Waals surface area contributed by atoms with Gasteiger partial charge in [-0.05, 0) is 61.0 Å². The third-order valence-corrected chi connectivity index (χ3v) is 5.19. The standard InChI is InChI=1S/C24H20ClN3O2/c1-15(16-9-11-26-12-10-16)27-24(29)20-14-22(18-5-3-4-6-23(18)30-2)28-21-8-7-17(25)13-19(20)21/h3-15H,1-2H3,(H,27,29)/t15-/m0/s1. The molecule has 0 aliphatic rings. The van der Waals surface area contributed by atoms with Crippen LogP contribution in [0.2, 0.25) is 5.02 Å². The van der Waals surface area contributed by atoms with Crippen LogP contribution < -0.4 is 10.1 Å². The quantitative estimate of drug-likeness (QED) is 0.469. The number of fused-ring (bicyclic) bond motifs is 1. The van der Waals surface area contributed by atoms with E-state index >= 15 is 0 Å². The molecule has 1 amide bonds. The molecule has 0 aliphatic carbocycles. The van der Waals surface area contributed by atoms with E-state index in [0.29, 0.717) is 32.9 Å². The summed E-state index contributed by atoms with van der Waals surface area (Å²) in [5.41, 5.74) is 3.63. The first-order valence-electron chi connectivity index (χ1n) is 9.51. The van der Waals surface area contributed by atoms with E-state index in [1.165, 1.54) is 0 Å². The number of aromatic nitrogens is 2. The summed E-state index contributed by atoms with van der Waals surface area (Å²) in [6, 6.07) is 18.3. The van der Waals surface area contributed by atoms with E-state index in [-0.39, 0.29) is 11.9 Å². The Kier molecular flexibility index (Phi) is 5.63. The van der Waals surface area contributed by atoms with Crippen molar-refractivity contribution in [2.24, 2.45) is 0 Å². The highest BCUT2D eigenvalue weighted by atomic mass is 35.5. The minimum atomic E-state index is -0.204. The van der Waals surface area contributed by atoms with Gasteiger partial charge in [-0.15, -0.1) is 0 Å². The summed E-state index contributed by atoms with van der Waals surface area (Å²) in [7, 11) is 1.61. The van der Waals surface area contributed by atoms with Crippen molar-refractivity contribution in [1.29, 1.82) is 0 Å². The number of methoxy groups -OCH3 is 1. The first-order valence-corrected chi connectivity index (χ1v) is 9.89. The summed E-state index contributed by atoms with van der Waals surface area (Å²) in [5.74, 6) is 0.486. The fourth-order valence-electron chi connectivity index (χ4n) is 3.39. The van der Waals surface area contributed by atoms with Crippen LogP contribution in [0.3, 0.4) is 0 Å². The molecule has 4 rings (SSSR count). The first-order chi connectivity index (χ1) is 14.6. The number of amides is 1. The van der Waals surface area contributed by atoms with Crippen molar-refractivity contribution in [3.8, 4) is 17.0 Å². The van der Waals surface area contributed by atoms with E-state index < -0.39 is 0 Å². The number of carbonyl (C=O) groups is 1. The Morgan fingerprint density at radius 2 is 1.83 bits per heavy atom. The van der Waals surface area contributed by atoms with Gasteiger partial charge in [0.2, 0.25) is 0 Å². The maximum atomic E-state index is 13.3. The van der Waals surface area contributed by atoms with E-state index in [4.69, 9.17) is 21.3 Å². The van der Waals surface area contributed by atoms with Crippen LogP contribution in [0.15, 0.2) is 73.1 Å². The van der Waals surface area contributed by atoms with Crippen molar-refractivity contribution in [2.75, 3.05) is 7.11 Å². The van der Waals surface area contributed by atoms with E-state index in [1.807, 2.05) is 49.4 Å². The zero-order valence-electron chi connectivity index (χ0n) is 16.6. The minimum Gasteiger partial charge on any atom is -0.496 e. The number of para-hydroxylation sites is 1. The fraction of sp³-hybridized carbons (Fsp3) is 0.125. The Labute approximate surface area is 179 Å². The van der Waals surface area contributed by atoms with Crippen LogP contribution in [-0.2, 0) is 0 Å². The number of carbonyl (C=O) groups excluding carboxylic acids is 1. The predicted octanol–water partition coefficient (Wildman–Crippen LogP) is 5.45. The van der Waals surface area contributed by atoms with Gasteiger partial charge in [-0.3, -0.25) is 9.78 Å². The van der Waals surface area contributed by atoms with Crippen molar-refractivity contribution in [3.05, 3.63) is 89.2 Å². The Morgan fingerprint density at radius 1 is 1.07 bits per heavy atom. The molecule has 2 aromatic heterocycles. The number of hydrogen-bond donors (Lipinski definition) is 1. The summed E-state index contributed by atoms with van der Waals surface area (Å²) in [5, 5.41) is 4.30. The molecule has 2 heterocycles. The highest BCUT2D eigenvalue weighted by Crippen LogP contribution is 2.32. The van der Waals surface area contributed by atoms with Crippen LogP contribution >= 0.6 is 11.6 Å². The molecule has 0 spiro atoms. The van der Waals surface area contributed by atoms with E-state index in [0.717, 1.165) is 11.1 Å². The number of halogens is 1. The highest BCUT2D eigenvalue weighted by molar-refractivity contribution is 6.31. The number of hydrogen-bond acceptors (Lipinski definition) is 4. The first kappa shape index (κ1) is 19.9. The molecule has 0 saturated carbocycles. The maximum absolute atomic E-state index is 13.3. The monoisotopic (exact) mass is 417 g/mol. The van der Waals surface area contributed by atoms with Crippen molar-refractivity contribution in [1.82, 2.24) is 15.3 Å². The lowest BCUT2D eigenvalue weighted by Crippen LogP contribution is -2.27. The smallest absolute Gasteiger partial charge is 0.252 e. The zero-order valence-corrected chi connectivity index (χ0v) is 17.4. The molecule has 0 saturated heterocycles. The summed E-state index contributed by atoms with van der Waals surface area (Å²) < 4.78 is 5.49. The van der Waals surface area contributed by atoms with Crippen LogP contribution in [0.5, 0.6) is 5.75 Å². The third kappa shape index (κ3) is 3.98. The van der Waals surface area contributed by atoms with Crippen LogP contribution in [-0.4, -0.2) is 23.0 Å². The van der Waals surface area contributed by atoms with Crippen molar-refractivity contribution >= 4 is 28.4 Å². The number of nitrogens with one attached hydrogen (secondary N) is 1. The number of benzene rings is 2. The molecule has 0 bridgehead atoms.